The molecule has 0 aromatic heterocycles. The molecule has 0 unspecified atom stereocenters. The molecule has 20 heavy (non-hydrogen) atoms. The van der Waals surface area contributed by atoms with Gasteiger partial charge in [-0.1, -0.05) is 6.92 Å². The molecular formula is C16H34N4. The molecule has 2 saturated carbocycles. The van der Waals surface area contributed by atoms with Gasteiger partial charge in [0.15, 0.2) is 0 Å². The zero-order chi connectivity index (χ0) is 14.8. The molecular weight excluding hydrogens is 248 g/mol. The van der Waals surface area contributed by atoms with Crippen LogP contribution in [0.5, 0.6) is 0 Å². The summed E-state index contributed by atoms with van der Waals surface area (Å²) >= 11 is 0. The predicted molar refractivity (Wildman–Crippen MR) is 84.8 cm³/mol. The van der Waals surface area contributed by atoms with Gasteiger partial charge >= 0.3 is 0 Å². The molecule has 0 aliphatic heterocycles. The van der Waals surface area contributed by atoms with Gasteiger partial charge in [-0.3, -0.25) is 0 Å². The standard InChI is InChI=1S/C16H34N4/c1-2-16(19,20)15(11-3-7-13(17)8-4-11)12-5-9-14(18)10-6-12/h11-15H,2-10,17-20H2,1H3. The molecule has 0 amide bonds. The highest BCUT2D eigenvalue weighted by Gasteiger charge is 2.42. The van der Waals surface area contributed by atoms with Crippen LogP contribution in [0.2, 0.25) is 0 Å². The van der Waals surface area contributed by atoms with E-state index in [0.717, 1.165) is 32.1 Å². The maximum atomic E-state index is 6.51. The van der Waals surface area contributed by atoms with Crippen molar-refractivity contribution in [1.82, 2.24) is 0 Å². The summed E-state index contributed by atoms with van der Waals surface area (Å²) in [6, 6.07) is 0.775. The molecule has 0 aromatic rings. The fraction of sp³-hybridized carbons (Fsp3) is 1.00. The Morgan fingerprint density at radius 2 is 1.15 bits per heavy atom. The first kappa shape index (κ1) is 16.2. The number of rotatable bonds is 4. The van der Waals surface area contributed by atoms with Crippen LogP contribution in [0.25, 0.3) is 0 Å². The van der Waals surface area contributed by atoms with Crippen LogP contribution in [-0.2, 0) is 0 Å². The number of hydrogen-bond donors (Lipinski definition) is 4. The second kappa shape index (κ2) is 6.73. The first-order chi connectivity index (χ1) is 9.44. The lowest BCUT2D eigenvalue weighted by molar-refractivity contribution is 0.0607. The van der Waals surface area contributed by atoms with Gasteiger partial charge in [0, 0.05) is 12.1 Å². The third-order valence-electron chi connectivity index (χ3n) is 5.88. The summed E-state index contributed by atoms with van der Waals surface area (Å²) in [5.74, 6) is 1.75. The lowest BCUT2D eigenvalue weighted by Crippen LogP contribution is -2.60. The van der Waals surface area contributed by atoms with Gasteiger partial charge in [-0.2, -0.15) is 0 Å². The molecule has 4 nitrogen and oxygen atoms in total. The van der Waals surface area contributed by atoms with Crippen molar-refractivity contribution in [3.8, 4) is 0 Å². The lowest BCUT2D eigenvalue weighted by atomic mass is 9.63. The smallest absolute Gasteiger partial charge is 0.0668 e. The second-order valence-electron chi connectivity index (χ2n) is 7.34. The molecule has 0 bridgehead atoms. The van der Waals surface area contributed by atoms with Crippen molar-refractivity contribution in [1.29, 1.82) is 0 Å². The van der Waals surface area contributed by atoms with E-state index >= 15 is 0 Å². The Kier molecular flexibility index (Phi) is 5.46. The largest absolute Gasteiger partial charge is 0.328 e. The Bertz CT molecular complexity index is 267. The summed E-state index contributed by atoms with van der Waals surface area (Å²) in [5.41, 5.74) is 24.6. The summed E-state index contributed by atoms with van der Waals surface area (Å²) in [6.07, 6.45) is 10.2. The molecule has 0 saturated heterocycles. The molecule has 2 fully saturated rings. The van der Waals surface area contributed by atoms with E-state index in [0.29, 0.717) is 29.8 Å². The van der Waals surface area contributed by atoms with Crippen LogP contribution in [-0.4, -0.2) is 17.7 Å². The van der Waals surface area contributed by atoms with Crippen LogP contribution < -0.4 is 22.9 Å². The molecule has 8 N–H and O–H groups in total. The zero-order valence-electron chi connectivity index (χ0n) is 13.1. The molecule has 4 heteroatoms. The minimum absolute atomic E-state index is 0.387. The molecule has 118 valence electrons. The minimum Gasteiger partial charge on any atom is -0.328 e. The predicted octanol–water partition coefficient (Wildman–Crippen LogP) is 1.66. The Balaban J connectivity index is 2.08. The van der Waals surface area contributed by atoms with Gasteiger partial charge in [0.1, 0.15) is 0 Å². The van der Waals surface area contributed by atoms with Crippen molar-refractivity contribution in [2.24, 2.45) is 40.7 Å². The van der Waals surface area contributed by atoms with Gasteiger partial charge < -0.3 is 22.9 Å². The molecule has 0 atom stereocenters. The molecule has 0 aromatic carbocycles. The number of nitrogens with two attached hydrogens (primary N) is 4. The van der Waals surface area contributed by atoms with Gasteiger partial charge in [-0.05, 0) is 75.5 Å². The lowest BCUT2D eigenvalue weighted by Gasteiger charge is -2.47. The van der Waals surface area contributed by atoms with Gasteiger partial charge in [0.2, 0.25) is 0 Å². The summed E-state index contributed by atoms with van der Waals surface area (Å²) in [7, 11) is 0. The minimum atomic E-state index is -0.530. The highest BCUT2D eigenvalue weighted by atomic mass is 15.0. The topological polar surface area (TPSA) is 104 Å². The molecule has 0 spiro atoms. The third-order valence-corrected chi connectivity index (χ3v) is 5.88. The van der Waals surface area contributed by atoms with Crippen LogP contribution in [0.1, 0.15) is 64.7 Å². The number of hydrogen-bond acceptors (Lipinski definition) is 4. The highest BCUT2D eigenvalue weighted by Crippen LogP contribution is 2.43. The quantitative estimate of drug-likeness (QED) is 0.589. The van der Waals surface area contributed by atoms with E-state index in [9.17, 15) is 0 Å². The van der Waals surface area contributed by atoms with Crippen molar-refractivity contribution >= 4 is 0 Å². The van der Waals surface area contributed by atoms with Crippen LogP contribution in [0.4, 0.5) is 0 Å². The summed E-state index contributed by atoms with van der Waals surface area (Å²) < 4.78 is 0. The Morgan fingerprint density at radius 1 is 0.800 bits per heavy atom. The average Bonchev–Trinajstić information content (AvgIpc) is 2.43. The van der Waals surface area contributed by atoms with Crippen molar-refractivity contribution in [2.75, 3.05) is 0 Å². The maximum Gasteiger partial charge on any atom is 0.0668 e. The molecule has 0 radical (unpaired) electrons. The molecule has 2 aliphatic carbocycles. The SMILES string of the molecule is CCC(N)(N)C(C1CCC(N)CC1)C1CCC(N)CC1. The van der Waals surface area contributed by atoms with Crippen molar-refractivity contribution in [3.05, 3.63) is 0 Å². The highest BCUT2D eigenvalue weighted by molar-refractivity contribution is 4.96. The average molecular weight is 282 g/mol. The zero-order valence-corrected chi connectivity index (χ0v) is 13.1. The van der Waals surface area contributed by atoms with E-state index in [1.165, 1.54) is 25.7 Å². The first-order valence-electron chi connectivity index (χ1n) is 8.53. The monoisotopic (exact) mass is 282 g/mol. The van der Waals surface area contributed by atoms with E-state index in [1.807, 2.05) is 0 Å². The van der Waals surface area contributed by atoms with E-state index < -0.39 is 5.66 Å². The fourth-order valence-corrected chi connectivity index (χ4v) is 4.51. The van der Waals surface area contributed by atoms with Crippen LogP contribution in [0, 0.1) is 17.8 Å². The molecule has 2 aliphatic rings. The van der Waals surface area contributed by atoms with Crippen molar-refractivity contribution in [3.63, 3.8) is 0 Å². The summed E-state index contributed by atoms with van der Waals surface area (Å²) in [5, 5.41) is 0. The van der Waals surface area contributed by atoms with E-state index in [2.05, 4.69) is 6.92 Å². The van der Waals surface area contributed by atoms with Crippen molar-refractivity contribution < 1.29 is 0 Å². The van der Waals surface area contributed by atoms with E-state index in [-0.39, 0.29) is 0 Å². The fourth-order valence-electron chi connectivity index (χ4n) is 4.51. The maximum absolute atomic E-state index is 6.51. The normalized spacial score (nSPS) is 37.6. The van der Waals surface area contributed by atoms with E-state index in [4.69, 9.17) is 22.9 Å². The van der Waals surface area contributed by atoms with Gasteiger partial charge in [-0.15, -0.1) is 0 Å². The third kappa shape index (κ3) is 3.73. The second-order valence-corrected chi connectivity index (χ2v) is 7.34. The summed E-state index contributed by atoms with van der Waals surface area (Å²) in [6.45, 7) is 2.12. The van der Waals surface area contributed by atoms with Gasteiger partial charge in [0.25, 0.3) is 0 Å². The van der Waals surface area contributed by atoms with Gasteiger partial charge in [-0.25, -0.2) is 0 Å². The first-order valence-corrected chi connectivity index (χ1v) is 8.53. The Morgan fingerprint density at radius 3 is 1.45 bits per heavy atom. The van der Waals surface area contributed by atoms with Crippen LogP contribution >= 0.6 is 0 Å². The Labute approximate surface area is 124 Å². The summed E-state index contributed by atoms with van der Waals surface area (Å²) in [4.78, 5) is 0. The Hall–Kier alpha value is -0.160. The molecule has 2 rings (SSSR count). The molecule has 0 heterocycles. The van der Waals surface area contributed by atoms with Crippen LogP contribution in [0.3, 0.4) is 0 Å². The van der Waals surface area contributed by atoms with Crippen molar-refractivity contribution in [2.45, 2.75) is 82.5 Å². The van der Waals surface area contributed by atoms with Gasteiger partial charge in [0.05, 0.1) is 5.66 Å². The van der Waals surface area contributed by atoms with Crippen LogP contribution in [0.15, 0.2) is 0 Å². The van der Waals surface area contributed by atoms with E-state index in [1.54, 1.807) is 0 Å².